The van der Waals surface area contributed by atoms with Crippen molar-refractivity contribution in [2.75, 3.05) is 11.2 Å². The number of aromatic nitrogens is 2. The van der Waals surface area contributed by atoms with E-state index in [9.17, 15) is 9.18 Å². The Balaban J connectivity index is 2.14. The summed E-state index contributed by atoms with van der Waals surface area (Å²) in [5.41, 5.74) is 3.10. The third kappa shape index (κ3) is 3.19. The average Bonchev–Trinajstić information content (AvgIpc) is 2.86. The zero-order valence-corrected chi connectivity index (χ0v) is 13.3. The molecule has 0 aliphatic carbocycles. The predicted molar refractivity (Wildman–Crippen MR) is 89.3 cm³/mol. The maximum Gasteiger partial charge on any atom is 0.226 e. The lowest BCUT2D eigenvalue weighted by molar-refractivity contribution is -0.115. The van der Waals surface area contributed by atoms with Crippen LogP contribution in [-0.4, -0.2) is 21.2 Å². The number of imidazole rings is 1. The highest BCUT2D eigenvalue weighted by molar-refractivity contribution is 6.19. The normalized spacial score (nSPS) is 10.9. The molecule has 0 bridgehead atoms. The number of fused-ring (bicyclic) bond motifs is 1. The molecular formula is C17H15ClFN3O. The molecule has 2 aromatic heterocycles. The summed E-state index contributed by atoms with van der Waals surface area (Å²) >= 11 is 5.62. The van der Waals surface area contributed by atoms with Crippen LogP contribution in [0, 0.1) is 12.7 Å². The monoisotopic (exact) mass is 331 g/mol. The molecule has 4 nitrogen and oxygen atoms in total. The number of alkyl halides is 1. The Kier molecular flexibility index (Phi) is 4.30. The maximum atomic E-state index is 13.2. The molecule has 2 heterocycles. The van der Waals surface area contributed by atoms with Crippen LogP contribution < -0.4 is 5.32 Å². The van der Waals surface area contributed by atoms with Gasteiger partial charge in [-0.15, -0.1) is 11.6 Å². The minimum atomic E-state index is -0.318. The Morgan fingerprint density at radius 1 is 1.30 bits per heavy atom. The van der Waals surface area contributed by atoms with E-state index >= 15 is 0 Å². The summed E-state index contributed by atoms with van der Waals surface area (Å²) < 4.78 is 15.0. The van der Waals surface area contributed by atoms with E-state index in [1.165, 1.54) is 12.1 Å². The number of nitrogens with zero attached hydrogens (tertiary/aromatic N) is 2. The fraction of sp³-hybridized carbons (Fsp3) is 0.176. The second kappa shape index (κ2) is 6.38. The second-order valence-electron chi connectivity index (χ2n) is 5.24. The highest BCUT2D eigenvalue weighted by atomic mass is 35.5. The summed E-state index contributed by atoms with van der Waals surface area (Å²) in [5.74, 6) is 0.293. The predicted octanol–water partition coefficient (Wildman–Crippen LogP) is 4.02. The molecule has 23 heavy (non-hydrogen) atoms. The van der Waals surface area contributed by atoms with Crippen LogP contribution in [-0.2, 0) is 4.79 Å². The zero-order valence-electron chi connectivity index (χ0n) is 12.5. The number of benzene rings is 1. The number of hydrogen-bond donors (Lipinski definition) is 1. The van der Waals surface area contributed by atoms with Crippen molar-refractivity contribution in [3.05, 3.63) is 54.0 Å². The van der Waals surface area contributed by atoms with Crippen LogP contribution in [0.4, 0.5) is 10.2 Å². The second-order valence-corrected chi connectivity index (χ2v) is 5.61. The molecule has 1 N–H and O–H groups in total. The molecule has 0 fully saturated rings. The topological polar surface area (TPSA) is 46.4 Å². The number of amides is 1. The van der Waals surface area contributed by atoms with Crippen LogP contribution in [0.1, 0.15) is 12.0 Å². The summed E-state index contributed by atoms with van der Waals surface area (Å²) in [4.78, 5) is 16.5. The van der Waals surface area contributed by atoms with E-state index in [1.807, 2.05) is 25.3 Å². The lowest BCUT2D eigenvalue weighted by Gasteiger charge is -2.07. The van der Waals surface area contributed by atoms with Gasteiger partial charge in [-0.3, -0.25) is 9.20 Å². The van der Waals surface area contributed by atoms with E-state index in [1.54, 1.807) is 16.5 Å². The van der Waals surface area contributed by atoms with Gasteiger partial charge < -0.3 is 5.32 Å². The van der Waals surface area contributed by atoms with Crippen LogP contribution in [0.3, 0.4) is 0 Å². The Morgan fingerprint density at radius 3 is 2.74 bits per heavy atom. The third-order valence-electron chi connectivity index (χ3n) is 3.48. The molecule has 3 rings (SSSR count). The van der Waals surface area contributed by atoms with Crippen LogP contribution in [0.2, 0.25) is 0 Å². The number of carbonyl (C=O) groups is 1. The largest absolute Gasteiger partial charge is 0.310 e. The molecule has 1 amide bonds. The van der Waals surface area contributed by atoms with Gasteiger partial charge in [0.05, 0.1) is 0 Å². The lowest BCUT2D eigenvalue weighted by Crippen LogP contribution is -2.14. The van der Waals surface area contributed by atoms with E-state index in [2.05, 4.69) is 10.3 Å². The van der Waals surface area contributed by atoms with E-state index in [0.29, 0.717) is 17.2 Å². The van der Waals surface area contributed by atoms with Gasteiger partial charge in [-0.1, -0.05) is 0 Å². The third-order valence-corrected chi connectivity index (χ3v) is 3.67. The van der Waals surface area contributed by atoms with Crippen molar-refractivity contribution in [3.8, 4) is 11.3 Å². The number of aryl methyl sites for hydroxylation is 1. The van der Waals surface area contributed by atoms with Crippen LogP contribution in [0.25, 0.3) is 16.9 Å². The molecular weight excluding hydrogens is 317 g/mol. The number of hydrogen-bond acceptors (Lipinski definition) is 2. The molecule has 3 aromatic rings. The highest BCUT2D eigenvalue weighted by Gasteiger charge is 2.16. The summed E-state index contributed by atoms with van der Waals surface area (Å²) in [7, 11) is 0. The first-order valence-corrected chi connectivity index (χ1v) is 7.72. The first-order valence-electron chi connectivity index (χ1n) is 7.19. The molecule has 0 unspecified atom stereocenters. The van der Waals surface area contributed by atoms with E-state index in [-0.39, 0.29) is 24.0 Å². The van der Waals surface area contributed by atoms with Crippen LogP contribution in [0.15, 0.2) is 42.6 Å². The van der Waals surface area contributed by atoms with E-state index in [4.69, 9.17) is 11.6 Å². The van der Waals surface area contributed by atoms with Gasteiger partial charge in [0.15, 0.2) is 0 Å². The molecule has 0 atom stereocenters. The first kappa shape index (κ1) is 15.5. The molecule has 6 heteroatoms. The van der Waals surface area contributed by atoms with Gasteiger partial charge in [-0.05, 0) is 48.9 Å². The summed E-state index contributed by atoms with van der Waals surface area (Å²) in [6.07, 6.45) is 2.06. The van der Waals surface area contributed by atoms with Crippen molar-refractivity contribution in [2.24, 2.45) is 0 Å². The van der Waals surface area contributed by atoms with Crippen molar-refractivity contribution in [1.82, 2.24) is 9.38 Å². The maximum absolute atomic E-state index is 13.2. The molecule has 0 aliphatic rings. The number of nitrogens with one attached hydrogen (secondary N) is 1. The van der Waals surface area contributed by atoms with E-state index < -0.39 is 0 Å². The van der Waals surface area contributed by atoms with Gasteiger partial charge in [0.1, 0.15) is 23.0 Å². The Morgan fingerprint density at radius 2 is 2.04 bits per heavy atom. The number of pyridine rings is 1. The fourth-order valence-corrected chi connectivity index (χ4v) is 2.53. The van der Waals surface area contributed by atoms with E-state index in [0.717, 1.165) is 11.1 Å². The lowest BCUT2D eigenvalue weighted by atomic mass is 10.1. The average molecular weight is 332 g/mol. The number of halogens is 2. The van der Waals surface area contributed by atoms with Crippen molar-refractivity contribution in [2.45, 2.75) is 13.3 Å². The highest BCUT2D eigenvalue weighted by Crippen LogP contribution is 2.29. The van der Waals surface area contributed by atoms with Crippen LogP contribution in [0.5, 0.6) is 0 Å². The van der Waals surface area contributed by atoms with Crippen molar-refractivity contribution >= 4 is 29.0 Å². The minimum Gasteiger partial charge on any atom is -0.310 e. The minimum absolute atomic E-state index is 0.189. The number of rotatable bonds is 4. The quantitative estimate of drug-likeness (QED) is 0.734. The molecule has 0 saturated carbocycles. The SMILES string of the molecule is Cc1ccn2c(NC(=O)CCCl)c(-c3ccc(F)cc3)nc2c1. The van der Waals surface area contributed by atoms with Crippen molar-refractivity contribution < 1.29 is 9.18 Å². The smallest absolute Gasteiger partial charge is 0.226 e. The van der Waals surface area contributed by atoms with Gasteiger partial charge in [0, 0.05) is 24.1 Å². The Bertz CT molecular complexity index is 858. The van der Waals surface area contributed by atoms with Crippen LogP contribution >= 0.6 is 11.6 Å². The van der Waals surface area contributed by atoms with Crippen molar-refractivity contribution in [1.29, 1.82) is 0 Å². The van der Waals surface area contributed by atoms with Gasteiger partial charge in [0.2, 0.25) is 5.91 Å². The molecule has 0 saturated heterocycles. The fourth-order valence-electron chi connectivity index (χ4n) is 2.36. The standard InChI is InChI=1S/C17H15ClFN3O/c1-11-7-9-22-14(10-11)20-16(12-2-4-13(19)5-3-12)17(22)21-15(23)6-8-18/h2-5,7,9-10H,6,8H2,1H3,(H,21,23). The number of carbonyl (C=O) groups excluding carboxylic acids is 1. The molecule has 118 valence electrons. The molecule has 0 spiro atoms. The van der Waals surface area contributed by atoms with Gasteiger partial charge in [-0.2, -0.15) is 0 Å². The summed E-state index contributed by atoms with van der Waals surface area (Å²) in [6.45, 7) is 1.97. The van der Waals surface area contributed by atoms with Crippen molar-refractivity contribution in [3.63, 3.8) is 0 Å². The summed E-state index contributed by atoms with van der Waals surface area (Å²) in [6, 6.07) is 9.87. The van der Waals surface area contributed by atoms with Gasteiger partial charge in [0.25, 0.3) is 0 Å². The van der Waals surface area contributed by atoms with Gasteiger partial charge in [-0.25, -0.2) is 9.37 Å². The molecule has 0 aliphatic heterocycles. The Labute approximate surface area is 137 Å². The van der Waals surface area contributed by atoms with Gasteiger partial charge >= 0.3 is 0 Å². The zero-order chi connectivity index (χ0) is 16.4. The molecule has 0 radical (unpaired) electrons. The Hall–Kier alpha value is -2.40. The number of anilines is 1. The first-order chi connectivity index (χ1) is 11.1. The molecule has 1 aromatic carbocycles. The summed E-state index contributed by atoms with van der Waals surface area (Å²) in [5, 5.41) is 2.85.